The highest BCUT2D eigenvalue weighted by Gasteiger charge is 2.14. The molecule has 0 saturated carbocycles. The monoisotopic (exact) mass is 277 g/mol. The van der Waals surface area contributed by atoms with E-state index in [1.807, 2.05) is 6.07 Å². The highest BCUT2D eigenvalue weighted by Crippen LogP contribution is 2.20. The van der Waals surface area contributed by atoms with Gasteiger partial charge in [0.2, 0.25) is 5.91 Å². The predicted octanol–water partition coefficient (Wildman–Crippen LogP) is 2.64. The molecule has 1 amide bonds. The van der Waals surface area contributed by atoms with Gasteiger partial charge in [0, 0.05) is 5.69 Å². The number of hydrogen-bond donors (Lipinski definition) is 1. The Morgan fingerprint density at radius 1 is 1.37 bits per heavy atom. The Morgan fingerprint density at radius 3 is 2.74 bits per heavy atom. The van der Waals surface area contributed by atoms with E-state index < -0.39 is 0 Å². The van der Waals surface area contributed by atoms with Gasteiger partial charge in [0.1, 0.15) is 6.07 Å². The van der Waals surface area contributed by atoms with Crippen molar-refractivity contribution in [2.45, 2.75) is 19.3 Å². The van der Waals surface area contributed by atoms with E-state index in [0.717, 1.165) is 25.9 Å². The van der Waals surface area contributed by atoms with Crippen LogP contribution >= 0.6 is 11.6 Å². The van der Waals surface area contributed by atoms with Crippen molar-refractivity contribution in [3.8, 4) is 6.07 Å². The first kappa shape index (κ1) is 13.9. The van der Waals surface area contributed by atoms with Gasteiger partial charge in [-0.3, -0.25) is 9.69 Å². The van der Waals surface area contributed by atoms with E-state index in [-0.39, 0.29) is 5.91 Å². The number of anilines is 1. The molecular formula is C14H16ClN3O. The lowest BCUT2D eigenvalue weighted by molar-refractivity contribution is -0.117. The third-order valence-corrected chi connectivity index (χ3v) is 3.50. The molecular weight excluding hydrogens is 262 g/mol. The fourth-order valence-corrected chi connectivity index (χ4v) is 2.43. The summed E-state index contributed by atoms with van der Waals surface area (Å²) in [6.07, 6.45) is 3.58. The third-order valence-electron chi connectivity index (χ3n) is 3.19. The fourth-order valence-electron chi connectivity index (χ4n) is 2.20. The zero-order valence-corrected chi connectivity index (χ0v) is 11.4. The minimum absolute atomic E-state index is 0.0392. The highest BCUT2D eigenvalue weighted by molar-refractivity contribution is 6.32. The van der Waals surface area contributed by atoms with Gasteiger partial charge in [0.15, 0.2) is 0 Å². The molecule has 0 aromatic heterocycles. The molecule has 0 spiro atoms. The lowest BCUT2D eigenvalue weighted by Crippen LogP contribution is -2.36. The Kier molecular flexibility index (Phi) is 4.78. The van der Waals surface area contributed by atoms with Crippen LogP contribution in [0.1, 0.15) is 24.8 Å². The molecule has 1 aromatic rings. The molecule has 1 heterocycles. The summed E-state index contributed by atoms with van der Waals surface area (Å²) >= 11 is 5.92. The Morgan fingerprint density at radius 2 is 2.11 bits per heavy atom. The van der Waals surface area contributed by atoms with Crippen molar-refractivity contribution in [1.29, 1.82) is 5.26 Å². The summed E-state index contributed by atoms with van der Waals surface area (Å²) in [5, 5.41) is 11.9. The highest BCUT2D eigenvalue weighted by atomic mass is 35.5. The maximum absolute atomic E-state index is 11.9. The van der Waals surface area contributed by atoms with Gasteiger partial charge >= 0.3 is 0 Å². The predicted molar refractivity (Wildman–Crippen MR) is 75.1 cm³/mol. The molecule has 5 heteroatoms. The SMILES string of the molecule is N#Cc1ccc(NC(=O)CN2CCCCC2)cc1Cl. The Labute approximate surface area is 118 Å². The average Bonchev–Trinajstić information content (AvgIpc) is 2.40. The van der Waals surface area contributed by atoms with Crippen LogP contribution in [0.25, 0.3) is 0 Å². The topological polar surface area (TPSA) is 56.1 Å². The summed E-state index contributed by atoms with van der Waals surface area (Å²) in [6.45, 7) is 2.39. The average molecular weight is 278 g/mol. The molecule has 1 aliphatic heterocycles. The van der Waals surface area contributed by atoms with Gasteiger partial charge in [0.25, 0.3) is 0 Å². The minimum atomic E-state index is -0.0392. The molecule has 1 aliphatic rings. The Hall–Kier alpha value is -1.57. The first-order valence-corrected chi connectivity index (χ1v) is 6.78. The molecule has 1 N–H and O–H groups in total. The number of nitrogens with one attached hydrogen (secondary N) is 1. The van der Waals surface area contributed by atoms with E-state index >= 15 is 0 Å². The first-order chi connectivity index (χ1) is 9.19. The quantitative estimate of drug-likeness (QED) is 0.924. The largest absolute Gasteiger partial charge is 0.325 e. The third kappa shape index (κ3) is 3.95. The number of rotatable bonds is 3. The number of amides is 1. The van der Waals surface area contributed by atoms with Crippen molar-refractivity contribution < 1.29 is 4.79 Å². The number of piperidine rings is 1. The summed E-state index contributed by atoms with van der Waals surface area (Å²) in [6, 6.07) is 6.90. The van der Waals surface area contributed by atoms with Gasteiger partial charge in [-0.2, -0.15) is 5.26 Å². The molecule has 4 nitrogen and oxygen atoms in total. The smallest absolute Gasteiger partial charge is 0.238 e. The van der Waals surface area contributed by atoms with Crippen LogP contribution in [0.2, 0.25) is 5.02 Å². The van der Waals surface area contributed by atoms with Crippen LogP contribution < -0.4 is 5.32 Å². The van der Waals surface area contributed by atoms with Crippen molar-refractivity contribution in [2.24, 2.45) is 0 Å². The molecule has 19 heavy (non-hydrogen) atoms. The van der Waals surface area contributed by atoms with Crippen LogP contribution in [0.15, 0.2) is 18.2 Å². The van der Waals surface area contributed by atoms with Crippen molar-refractivity contribution in [2.75, 3.05) is 25.0 Å². The van der Waals surface area contributed by atoms with Gasteiger partial charge < -0.3 is 5.32 Å². The van der Waals surface area contributed by atoms with Gasteiger partial charge in [-0.1, -0.05) is 18.0 Å². The number of hydrogen-bond acceptors (Lipinski definition) is 3. The Bertz CT molecular complexity index is 504. The molecule has 1 aromatic carbocycles. The van der Waals surface area contributed by atoms with E-state index in [9.17, 15) is 4.79 Å². The number of carbonyl (C=O) groups excluding carboxylic acids is 1. The summed E-state index contributed by atoms with van der Waals surface area (Å²) in [5.74, 6) is -0.0392. The number of likely N-dealkylation sites (tertiary alicyclic amines) is 1. The number of halogens is 1. The van der Waals surface area contributed by atoms with E-state index in [1.165, 1.54) is 6.42 Å². The second kappa shape index (κ2) is 6.55. The maximum Gasteiger partial charge on any atom is 0.238 e. The second-order valence-corrected chi connectivity index (χ2v) is 5.10. The minimum Gasteiger partial charge on any atom is -0.325 e. The van der Waals surface area contributed by atoms with Crippen LogP contribution in [0.3, 0.4) is 0 Å². The van der Waals surface area contributed by atoms with E-state index in [0.29, 0.717) is 22.8 Å². The summed E-state index contributed by atoms with van der Waals surface area (Å²) in [4.78, 5) is 14.0. The second-order valence-electron chi connectivity index (χ2n) is 4.69. The normalized spacial score (nSPS) is 15.8. The van der Waals surface area contributed by atoms with Crippen LogP contribution in [-0.2, 0) is 4.79 Å². The number of benzene rings is 1. The van der Waals surface area contributed by atoms with Gasteiger partial charge in [-0.05, 0) is 44.1 Å². The zero-order chi connectivity index (χ0) is 13.7. The summed E-state index contributed by atoms with van der Waals surface area (Å²) in [5.41, 5.74) is 1.04. The summed E-state index contributed by atoms with van der Waals surface area (Å²) < 4.78 is 0. The van der Waals surface area contributed by atoms with Gasteiger partial charge in [0.05, 0.1) is 17.1 Å². The molecule has 0 unspecified atom stereocenters. The van der Waals surface area contributed by atoms with Crippen LogP contribution in [-0.4, -0.2) is 30.4 Å². The molecule has 1 saturated heterocycles. The van der Waals surface area contributed by atoms with E-state index in [4.69, 9.17) is 16.9 Å². The number of nitrogens with zero attached hydrogens (tertiary/aromatic N) is 2. The van der Waals surface area contributed by atoms with Crippen LogP contribution in [0.5, 0.6) is 0 Å². The van der Waals surface area contributed by atoms with Crippen LogP contribution in [0.4, 0.5) is 5.69 Å². The molecule has 0 bridgehead atoms. The lowest BCUT2D eigenvalue weighted by Gasteiger charge is -2.25. The standard InChI is InChI=1S/C14H16ClN3O/c15-13-8-12(5-4-11(13)9-16)17-14(19)10-18-6-2-1-3-7-18/h4-5,8H,1-3,6-7,10H2,(H,17,19). The molecule has 0 radical (unpaired) electrons. The van der Waals surface area contributed by atoms with E-state index in [2.05, 4.69) is 10.2 Å². The van der Waals surface area contributed by atoms with Crippen molar-refractivity contribution in [1.82, 2.24) is 4.90 Å². The molecule has 0 atom stereocenters. The molecule has 1 fully saturated rings. The van der Waals surface area contributed by atoms with Gasteiger partial charge in [-0.25, -0.2) is 0 Å². The van der Waals surface area contributed by atoms with Crippen molar-refractivity contribution >= 4 is 23.2 Å². The van der Waals surface area contributed by atoms with Crippen molar-refractivity contribution in [3.63, 3.8) is 0 Å². The number of nitriles is 1. The number of carbonyl (C=O) groups is 1. The van der Waals surface area contributed by atoms with E-state index in [1.54, 1.807) is 18.2 Å². The lowest BCUT2D eigenvalue weighted by atomic mass is 10.1. The maximum atomic E-state index is 11.9. The Balaban J connectivity index is 1.91. The molecule has 2 rings (SSSR count). The van der Waals surface area contributed by atoms with Crippen molar-refractivity contribution in [3.05, 3.63) is 28.8 Å². The summed E-state index contributed by atoms with van der Waals surface area (Å²) in [7, 11) is 0. The fraction of sp³-hybridized carbons (Fsp3) is 0.429. The first-order valence-electron chi connectivity index (χ1n) is 6.41. The molecule has 0 aliphatic carbocycles. The van der Waals surface area contributed by atoms with Gasteiger partial charge in [-0.15, -0.1) is 0 Å². The zero-order valence-electron chi connectivity index (χ0n) is 10.7. The molecule has 100 valence electrons. The van der Waals surface area contributed by atoms with Crippen LogP contribution in [0, 0.1) is 11.3 Å².